The first kappa shape index (κ1) is 24.5. The molecule has 12 heteroatoms. The third-order valence-electron chi connectivity index (χ3n) is 5.98. The zero-order valence-corrected chi connectivity index (χ0v) is 21.8. The number of hydrogen-bond donors (Lipinski definition) is 0. The van der Waals surface area contributed by atoms with Crippen LogP contribution >= 0.6 is 22.9 Å². The number of fused-ring (bicyclic) bond motifs is 1. The number of nitrogens with zero attached hydrogens (tertiary/aromatic N) is 6. The molecule has 3 heterocycles. The minimum atomic E-state index is -0.506. The number of rotatable bonds is 6. The Morgan fingerprint density at radius 3 is 2.46 bits per heavy atom. The van der Waals surface area contributed by atoms with Gasteiger partial charge in [0.15, 0.2) is 11.6 Å². The Hall–Kier alpha value is -4.87. The van der Waals surface area contributed by atoms with Gasteiger partial charge in [-0.3, -0.25) is 14.9 Å². The zero-order chi connectivity index (χ0) is 27.1. The van der Waals surface area contributed by atoms with E-state index in [2.05, 4.69) is 10.1 Å². The highest BCUT2D eigenvalue weighted by Gasteiger charge is 2.20. The van der Waals surface area contributed by atoms with Gasteiger partial charge in [-0.2, -0.15) is 14.6 Å². The van der Waals surface area contributed by atoms with E-state index in [0.29, 0.717) is 37.2 Å². The Morgan fingerprint density at radius 1 is 1.03 bits per heavy atom. The molecule has 0 saturated heterocycles. The van der Waals surface area contributed by atoms with Crippen molar-refractivity contribution in [2.75, 3.05) is 7.11 Å². The molecule has 3 aromatic heterocycles. The van der Waals surface area contributed by atoms with Crippen LogP contribution in [0.25, 0.3) is 39.4 Å². The first-order valence-electron chi connectivity index (χ1n) is 11.6. The molecule has 3 aromatic carbocycles. The van der Waals surface area contributed by atoms with Crippen LogP contribution in [0, 0.1) is 10.1 Å². The zero-order valence-electron chi connectivity index (χ0n) is 20.2. The van der Waals surface area contributed by atoms with Crippen LogP contribution in [0.1, 0.15) is 5.56 Å². The van der Waals surface area contributed by atoms with Gasteiger partial charge >= 0.3 is 5.69 Å². The molecule has 0 aliphatic carbocycles. The Morgan fingerprint density at radius 2 is 1.77 bits per heavy atom. The molecule has 0 atom stereocenters. The van der Waals surface area contributed by atoms with Gasteiger partial charge in [0.05, 0.1) is 22.3 Å². The minimum Gasteiger partial charge on any atom is -0.490 e. The third kappa shape index (κ3) is 4.54. The lowest BCUT2D eigenvalue weighted by molar-refractivity contribution is -0.385. The second kappa shape index (κ2) is 9.78. The molecule has 0 N–H and O–H groups in total. The predicted octanol–water partition coefficient (Wildman–Crippen LogP) is 4.79. The van der Waals surface area contributed by atoms with Crippen LogP contribution in [-0.4, -0.2) is 36.4 Å². The lowest BCUT2D eigenvalue weighted by Crippen LogP contribution is -2.23. The van der Waals surface area contributed by atoms with E-state index in [1.54, 1.807) is 47.3 Å². The van der Waals surface area contributed by atoms with Crippen LogP contribution in [0.3, 0.4) is 0 Å². The summed E-state index contributed by atoms with van der Waals surface area (Å²) in [5.74, 6) is 0.561. The molecular formula is C27H17ClN6O4S. The standard InChI is InChI=1S/C27H17ClN6O4S/c1-38-22-12-9-17(13-21(22)34(36)37)24-18(15-32(30-24)20-5-3-2-4-6-20)14-23-26(35)33-27(39-23)29-25(31-33)16-7-10-19(28)11-8-16/h2-15H,1H3/b23-14-. The molecule has 6 aromatic rings. The van der Waals surface area contributed by atoms with Gasteiger partial charge in [0, 0.05) is 34.0 Å². The van der Waals surface area contributed by atoms with E-state index in [1.165, 1.54) is 35.1 Å². The lowest BCUT2D eigenvalue weighted by Gasteiger charge is -2.04. The second-order valence-corrected chi connectivity index (χ2v) is 9.85. The summed E-state index contributed by atoms with van der Waals surface area (Å²) >= 11 is 7.16. The summed E-state index contributed by atoms with van der Waals surface area (Å²) in [6.07, 6.45) is 3.47. The number of thiazole rings is 1. The first-order chi connectivity index (χ1) is 18.9. The van der Waals surface area contributed by atoms with Gasteiger partial charge in [-0.25, -0.2) is 4.68 Å². The molecule has 0 fully saturated rings. The average Bonchev–Trinajstić information content (AvgIpc) is 3.64. The third-order valence-corrected chi connectivity index (χ3v) is 7.19. The number of nitro benzene ring substituents is 1. The van der Waals surface area contributed by atoms with E-state index in [1.807, 2.05) is 30.3 Å². The maximum absolute atomic E-state index is 13.3. The smallest absolute Gasteiger partial charge is 0.311 e. The molecule has 192 valence electrons. The molecule has 0 amide bonds. The normalized spacial score (nSPS) is 11.8. The molecule has 10 nitrogen and oxygen atoms in total. The number of methoxy groups -OCH3 is 1. The summed E-state index contributed by atoms with van der Waals surface area (Å²) in [5.41, 5.74) is 2.57. The molecule has 0 unspecified atom stereocenters. The number of ether oxygens (including phenoxy) is 1. The Balaban J connectivity index is 1.50. The second-order valence-electron chi connectivity index (χ2n) is 8.41. The Kier molecular flexibility index (Phi) is 6.14. The van der Waals surface area contributed by atoms with Gasteiger partial charge in [0.1, 0.15) is 5.69 Å². The van der Waals surface area contributed by atoms with E-state index in [9.17, 15) is 14.9 Å². The van der Waals surface area contributed by atoms with E-state index in [-0.39, 0.29) is 17.0 Å². The first-order valence-corrected chi connectivity index (χ1v) is 12.8. The summed E-state index contributed by atoms with van der Waals surface area (Å²) in [6, 6.07) is 21.1. The van der Waals surface area contributed by atoms with Crippen molar-refractivity contribution in [1.82, 2.24) is 24.4 Å². The van der Waals surface area contributed by atoms with Crippen LogP contribution < -0.4 is 14.8 Å². The topological polar surface area (TPSA) is 117 Å². The summed E-state index contributed by atoms with van der Waals surface area (Å²) in [7, 11) is 1.38. The molecule has 0 spiro atoms. The monoisotopic (exact) mass is 556 g/mol. The molecule has 0 saturated carbocycles. The van der Waals surface area contributed by atoms with Crippen molar-refractivity contribution in [3.8, 4) is 34.1 Å². The highest BCUT2D eigenvalue weighted by molar-refractivity contribution is 7.15. The number of benzene rings is 3. The molecule has 39 heavy (non-hydrogen) atoms. The van der Waals surface area contributed by atoms with Gasteiger partial charge in [0.2, 0.25) is 4.96 Å². The van der Waals surface area contributed by atoms with Crippen LogP contribution in [0.5, 0.6) is 5.75 Å². The van der Waals surface area contributed by atoms with Crippen molar-refractivity contribution in [2.24, 2.45) is 0 Å². The van der Waals surface area contributed by atoms with Gasteiger partial charge in [-0.05, 0) is 54.6 Å². The van der Waals surface area contributed by atoms with Gasteiger partial charge in [-0.1, -0.05) is 41.1 Å². The number of halogens is 1. The van der Waals surface area contributed by atoms with Crippen LogP contribution in [0.4, 0.5) is 5.69 Å². The molecule has 6 rings (SSSR count). The van der Waals surface area contributed by atoms with Crippen molar-refractivity contribution in [3.05, 3.63) is 115 Å². The summed E-state index contributed by atoms with van der Waals surface area (Å²) < 4.78 is 8.47. The predicted molar refractivity (Wildman–Crippen MR) is 149 cm³/mol. The van der Waals surface area contributed by atoms with Gasteiger partial charge < -0.3 is 4.74 Å². The van der Waals surface area contributed by atoms with Crippen molar-refractivity contribution in [1.29, 1.82) is 0 Å². The Labute approximate surface area is 229 Å². The largest absolute Gasteiger partial charge is 0.490 e. The number of aromatic nitrogens is 5. The number of para-hydroxylation sites is 1. The highest BCUT2D eigenvalue weighted by Crippen LogP contribution is 2.33. The van der Waals surface area contributed by atoms with Crippen molar-refractivity contribution >= 4 is 39.7 Å². The van der Waals surface area contributed by atoms with E-state index < -0.39 is 4.92 Å². The van der Waals surface area contributed by atoms with Crippen LogP contribution in [0.15, 0.2) is 83.8 Å². The Bertz CT molecular complexity index is 1970. The molecule has 0 aliphatic heterocycles. The minimum absolute atomic E-state index is 0.140. The molecule has 0 bridgehead atoms. The summed E-state index contributed by atoms with van der Waals surface area (Å²) in [6.45, 7) is 0. The average molecular weight is 557 g/mol. The number of hydrogen-bond acceptors (Lipinski definition) is 8. The number of nitro groups is 1. The van der Waals surface area contributed by atoms with Gasteiger partial charge in [0.25, 0.3) is 5.56 Å². The van der Waals surface area contributed by atoms with Crippen LogP contribution in [-0.2, 0) is 0 Å². The summed E-state index contributed by atoms with van der Waals surface area (Å²) in [4.78, 5) is 29.4. The SMILES string of the molecule is COc1ccc(-c2nn(-c3ccccc3)cc2/C=c2\sc3nc(-c4ccc(Cl)cc4)nn3c2=O)cc1[N+](=O)[O-]. The maximum atomic E-state index is 13.3. The fourth-order valence-electron chi connectivity index (χ4n) is 4.11. The lowest BCUT2D eigenvalue weighted by atomic mass is 10.1. The fraction of sp³-hybridized carbons (Fsp3) is 0.0370. The van der Waals surface area contributed by atoms with E-state index in [0.717, 1.165) is 11.3 Å². The highest BCUT2D eigenvalue weighted by atomic mass is 35.5. The summed E-state index contributed by atoms with van der Waals surface area (Å²) in [5, 5.41) is 21.3. The van der Waals surface area contributed by atoms with E-state index >= 15 is 0 Å². The maximum Gasteiger partial charge on any atom is 0.311 e. The molecule has 0 aliphatic rings. The molecular weight excluding hydrogens is 540 g/mol. The van der Waals surface area contributed by atoms with E-state index in [4.69, 9.17) is 21.4 Å². The molecule has 0 radical (unpaired) electrons. The van der Waals surface area contributed by atoms with Crippen LogP contribution in [0.2, 0.25) is 5.02 Å². The van der Waals surface area contributed by atoms with Crippen molar-refractivity contribution < 1.29 is 9.66 Å². The quantitative estimate of drug-likeness (QED) is 0.214. The fourth-order valence-corrected chi connectivity index (χ4v) is 5.13. The van der Waals surface area contributed by atoms with Crippen molar-refractivity contribution in [2.45, 2.75) is 0 Å². The van der Waals surface area contributed by atoms with Gasteiger partial charge in [-0.15, -0.1) is 5.10 Å². The van der Waals surface area contributed by atoms with Crippen molar-refractivity contribution in [3.63, 3.8) is 0 Å².